The first-order chi connectivity index (χ1) is 10.0. The number of amides is 2. The van der Waals surface area contributed by atoms with Crippen LogP contribution in [-0.4, -0.2) is 28.1 Å². The van der Waals surface area contributed by atoms with Crippen molar-refractivity contribution < 1.29 is 9.59 Å². The molecule has 0 radical (unpaired) electrons. The predicted molar refractivity (Wildman–Crippen MR) is 80.0 cm³/mol. The normalized spacial score (nSPS) is 10.2. The Morgan fingerprint density at radius 3 is 2.71 bits per heavy atom. The van der Waals surface area contributed by atoms with Crippen LogP contribution < -0.4 is 16.4 Å². The molecular formula is C14H17N5O2. The number of nitrogens with zero attached hydrogens (tertiary/aromatic N) is 2. The number of rotatable bonds is 4. The Bertz CT molecular complexity index is 658. The van der Waals surface area contributed by atoms with Gasteiger partial charge in [0, 0.05) is 24.8 Å². The molecule has 0 unspecified atom stereocenters. The number of carbonyl (C=O) groups is 2. The Balaban J connectivity index is 2.18. The maximum Gasteiger partial charge on any atom is 0.276 e. The van der Waals surface area contributed by atoms with E-state index in [-0.39, 0.29) is 17.5 Å². The fourth-order valence-electron chi connectivity index (χ4n) is 1.92. The van der Waals surface area contributed by atoms with Crippen molar-refractivity contribution in [1.29, 1.82) is 0 Å². The van der Waals surface area contributed by atoms with E-state index in [0.717, 1.165) is 0 Å². The fourth-order valence-corrected chi connectivity index (χ4v) is 1.92. The van der Waals surface area contributed by atoms with Crippen LogP contribution in [0.5, 0.6) is 0 Å². The predicted octanol–water partition coefficient (Wildman–Crippen LogP) is 1.00. The molecule has 0 bridgehead atoms. The topological polar surface area (TPSA) is 102 Å². The quantitative estimate of drug-likeness (QED) is 0.780. The van der Waals surface area contributed by atoms with Gasteiger partial charge in [-0.05, 0) is 25.1 Å². The highest BCUT2D eigenvalue weighted by atomic mass is 16.2. The Morgan fingerprint density at radius 2 is 2.10 bits per heavy atom. The van der Waals surface area contributed by atoms with Crippen LogP contribution in [0.4, 0.5) is 11.4 Å². The molecule has 0 aliphatic carbocycles. The summed E-state index contributed by atoms with van der Waals surface area (Å²) in [6, 6.07) is 6.69. The average Bonchev–Trinajstić information content (AvgIpc) is 2.78. The number of nitrogens with one attached hydrogen (secondary N) is 2. The summed E-state index contributed by atoms with van der Waals surface area (Å²) in [5.74, 6) is -0.561. The molecule has 1 heterocycles. The van der Waals surface area contributed by atoms with Gasteiger partial charge in [0.05, 0.1) is 11.9 Å². The molecule has 0 aliphatic rings. The van der Waals surface area contributed by atoms with Crippen LogP contribution in [0.3, 0.4) is 0 Å². The van der Waals surface area contributed by atoms with Gasteiger partial charge in [0.1, 0.15) is 5.69 Å². The number of carbonyl (C=O) groups excluding carboxylic acids is 2. The standard InChI is InChI=1S/C14H17N5O2/c1-3-16-13(20)9-5-4-6-10(7-9)18-14(21)12-11(15)8-17-19(12)2/h4-8H,3,15H2,1-2H3,(H,16,20)(H,18,21). The van der Waals surface area contributed by atoms with Crippen molar-refractivity contribution in [3.63, 3.8) is 0 Å². The highest BCUT2D eigenvalue weighted by Gasteiger charge is 2.15. The van der Waals surface area contributed by atoms with Crippen molar-refractivity contribution >= 4 is 23.2 Å². The molecule has 0 spiro atoms. The fraction of sp³-hybridized carbons (Fsp3) is 0.214. The highest BCUT2D eigenvalue weighted by molar-refractivity contribution is 6.07. The van der Waals surface area contributed by atoms with Gasteiger partial charge in [0.2, 0.25) is 0 Å². The lowest BCUT2D eigenvalue weighted by atomic mass is 10.2. The maximum absolute atomic E-state index is 12.2. The summed E-state index contributed by atoms with van der Waals surface area (Å²) in [5, 5.41) is 9.32. The van der Waals surface area contributed by atoms with Crippen molar-refractivity contribution in [2.75, 3.05) is 17.6 Å². The van der Waals surface area contributed by atoms with E-state index in [0.29, 0.717) is 23.5 Å². The van der Waals surface area contributed by atoms with Gasteiger partial charge >= 0.3 is 0 Å². The Hall–Kier alpha value is -2.83. The minimum absolute atomic E-state index is 0.186. The van der Waals surface area contributed by atoms with Gasteiger partial charge in [0.25, 0.3) is 11.8 Å². The van der Waals surface area contributed by atoms with Crippen molar-refractivity contribution in [3.05, 3.63) is 41.7 Å². The van der Waals surface area contributed by atoms with Crippen LogP contribution in [0.25, 0.3) is 0 Å². The van der Waals surface area contributed by atoms with Crippen LogP contribution in [0, 0.1) is 0 Å². The zero-order valence-corrected chi connectivity index (χ0v) is 11.9. The second kappa shape index (κ2) is 6.08. The largest absolute Gasteiger partial charge is 0.396 e. The lowest BCUT2D eigenvalue weighted by molar-refractivity contribution is 0.0954. The second-order valence-electron chi connectivity index (χ2n) is 4.47. The number of hydrogen-bond donors (Lipinski definition) is 3. The summed E-state index contributed by atoms with van der Waals surface area (Å²) >= 11 is 0. The molecule has 2 amide bonds. The number of aryl methyl sites for hydroxylation is 1. The van der Waals surface area contributed by atoms with Gasteiger partial charge in [-0.3, -0.25) is 14.3 Å². The van der Waals surface area contributed by atoms with Gasteiger partial charge < -0.3 is 16.4 Å². The monoisotopic (exact) mass is 287 g/mol. The number of nitrogen functional groups attached to an aromatic ring is 1. The van der Waals surface area contributed by atoms with E-state index in [9.17, 15) is 9.59 Å². The van der Waals surface area contributed by atoms with Gasteiger partial charge in [-0.15, -0.1) is 0 Å². The maximum atomic E-state index is 12.2. The second-order valence-corrected chi connectivity index (χ2v) is 4.47. The molecule has 0 atom stereocenters. The smallest absolute Gasteiger partial charge is 0.276 e. The van der Waals surface area contributed by atoms with E-state index in [1.807, 2.05) is 6.92 Å². The molecule has 2 rings (SSSR count). The summed E-state index contributed by atoms with van der Waals surface area (Å²) < 4.78 is 1.40. The summed E-state index contributed by atoms with van der Waals surface area (Å²) in [7, 11) is 1.64. The van der Waals surface area contributed by atoms with E-state index < -0.39 is 0 Å². The van der Waals surface area contributed by atoms with Crippen molar-refractivity contribution in [3.8, 4) is 0 Å². The summed E-state index contributed by atoms with van der Waals surface area (Å²) in [5.41, 5.74) is 7.28. The summed E-state index contributed by atoms with van der Waals surface area (Å²) in [6.07, 6.45) is 1.42. The molecule has 0 aliphatic heterocycles. The molecule has 0 saturated heterocycles. The van der Waals surface area contributed by atoms with Gasteiger partial charge in [0.15, 0.2) is 0 Å². The van der Waals surface area contributed by atoms with Gasteiger partial charge in [-0.2, -0.15) is 5.10 Å². The van der Waals surface area contributed by atoms with Gasteiger partial charge in [-0.1, -0.05) is 6.07 Å². The van der Waals surface area contributed by atoms with E-state index >= 15 is 0 Å². The van der Waals surface area contributed by atoms with E-state index in [1.54, 1.807) is 31.3 Å². The van der Waals surface area contributed by atoms with Crippen LogP contribution in [0.1, 0.15) is 27.8 Å². The Morgan fingerprint density at radius 1 is 1.33 bits per heavy atom. The number of benzene rings is 1. The Labute approximate surface area is 122 Å². The third-order valence-electron chi connectivity index (χ3n) is 2.90. The lowest BCUT2D eigenvalue weighted by Gasteiger charge is -2.08. The molecule has 7 nitrogen and oxygen atoms in total. The molecule has 0 fully saturated rings. The number of anilines is 2. The van der Waals surface area contributed by atoms with Crippen molar-refractivity contribution in [2.45, 2.75) is 6.92 Å². The lowest BCUT2D eigenvalue weighted by Crippen LogP contribution is -2.23. The first-order valence-corrected chi connectivity index (χ1v) is 6.50. The van der Waals surface area contributed by atoms with E-state index in [4.69, 9.17) is 5.73 Å². The zero-order chi connectivity index (χ0) is 15.4. The van der Waals surface area contributed by atoms with Crippen LogP contribution in [-0.2, 0) is 7.05 Å². The molecule has 110 valence electrons. The number of hydrogen-bond acceptors (Lipinski definition) is 4. The molecule has 4 N–H and O–H groups in total. The van der Waals surface area contributed by atoms with Crippen molar-refractivity contribution in [1.82, 2.24) is 15.1 Å². The molecule has 2 aromatic rings. The minimum atomic E-state index is -0.374. The summed E-state index contributed by atoms with van der Waals surface area (Å²) in [4.78, 5) is 23.9. The molecule has 1 aromatic carbocycles. The van der Waals surface area contributed by atoms with Crippen LogP contribution >= 0.6 is 0 Å². The molecule has 21 heavy (non-hydrogen) atoms. The van der Waals surface area contributed by atoms with Crippen LogP contribution in [0.2, 0.25) is 0 Å². The SMILES string of the molecule is CCNC(=O)c1cccc(NC(=O)c2c(N)cnn2C)c1. The highest BCUT2D eigenvalue weighted by Crippen LogP contribution is 2.15. The molecule has 7 heteroatoms. The molecule has 1 aromatic heterocycles. The van der Waals surface area contributed by atoms with Crippen LogP contribution in [0.15, 0.2) is 30.5 Å². The number of aromatic nitrogens is 2. The summed E-state index contributed by atoms with van der Waals surface area (Å²) in [6.45, 7) is 2.38. The van der Waals surface area contributed by atoms with Crippen molar-refractivity contribution in [2.24, 2.45) is 7.05 Å². The third-order valence-corrected chi connectivity index (χ3v) is 2.90. The third kappa shape index (κ3) is 3.19. The zero-order valence-electron chi connectivity index (χ0n) is 11.9. The van der Waals surface area contributed by atoms with E-state index in [1.165, 1.54) is 10.9 Å². The van der Waals surface area contributed by atoms with E-state index in [2.05, 4.69) is 15.7 Å². The average molecular weight is 287 g/mol. The molecular weight excluding hydrogens is 270 g/mol. The first kappa shape index (κ1) is 14.6. The van der Waals surface area contributed by atoms with Gasteiger partial charge in [-0.25, -0.2) is 0 Å². The Kier molecular flexibility index (Phi) is 4.22. The molecule has 0 saturated carbocycles. The number of nitrogens with two attached hydrogens (primary N) is 1. The minimum Gasteiger partial charge on any atom is -0.396 e. The first-order valence-electron chi connectivity index (χ1n) is 6.50.